The fourth-order valence-corrected chi connectivity index (χ4v) is 3.47. The normalized spacial score (nSPS) is 15.9. The minimum atomic E-state index is -0.691. The summed E-state index contributed by atoms with van der Waals surface area (Å²) in [6.45, 7) is 0.172. The molecule has 1 aromatic carbocycles. The Morgan fingerprint density at radius 1 is 1.25 bits per heavy atom. The summed E-state index contributed by atoms with van der Waals surface area (Å²) in [4.78, 5) is 11.9. The highest BCUT2D eigenvalue weighted by atomic mass is 32.1. The molecule has 1 atom stereocenters. The van der Waals surface area contributed by atoms with Crippen molar-refractivity contribution < 1.29 is 14.6 Å². The van der Waals surface area contributed by atoms with E-state index >= 15 is 0 Å². The Morgan fingerprint density at radius 2 is 2.00 bits per heavy atom. The number of amides is 2. The Bertz CT molecular complexity index is 637. The molecule has 1 heterocycles. The molecule has 0 spiro atoms. The van der Waals surface area contributed by atoms with Gasteiger partial charge in [0.25, 0.3) is 0 Å². The first-order valence-corrected chi connectivity index (χ1v) is 9.17. The van der Waals surface area contributed by atoms with E-state index in [0.29, 0.717) is 11.8 Å². The van der Waals surface area contributed by atoms with Crippen molar-refractivity contribution in [2.24, 2.45) is 0 Å². The van der Waals surface area contributed by atoms with Crippen molar-refractivity contribution in [2.75, 3.05) is 11.9 Å². The van der Waals surface area contributed by atoms with Crippen LogP contribution in [0, 0.1) is 0 Å². The van der Waals surface area contributed by atoms with E-state index in [1.165, 1.54) is 24.2 Å². The summed E-state index contributed by atoms with van der Waals surface area (Å²) >= 11 is 1.52. The molecule has 1 unspecified atom stereocenters. The van der Waals surface area contributed by atoms with E-state index < -0.39 is 6.10 Å². The van der Waals surface area contributed by atoms with E-state index in [9.17, 15) is 9.90 Å². The number of ether oxygens (including phenoxy) is 1. The molecule has 0 aliphatic heterocycles. The summed E-state index contributed by atoms with van der Waals surface area (Å²) in [5.74, 6) is 0.834. The molecule has 1 aliphatic rings. The highest BCUT2D eigenvalue weighted by molar-refractivity contribution is 7.07. The average Bonchev–Trinajstić information content (AvgIpc) is 3.28. The van der Waals surface area contributed by atoms with Crippen molar-refractivity contribution in [3.63, 3.8) is 0 Å². The maximum Gasteiger partial charge on any atom is 0.319 e. The van der Waals surface area contributed by atoms with Crippen LogP contribution in [0.2, 0.25) is 0 Å². The molecule has 0 saturated heterocycles. The molecule has 128 valence electrons. The third kappa shape index (κ3) is 4.72. The van der Waals surface area contributed by atoms with Crippen LogP contribution >= 0.6 is 11.3 Å². The second kappa shape index (κ2) is 8.17. The van der Waals surface area contributed by atoms with E-state index in [1.807, 2.05) is 41.1 Å². The maximum absolute atomic E-state index is 11.9. The van der Waals surface area contributed by atoms with Gasteiger partial charge in [0.15, 0.2) is 0 Å². The minimum absolute atomic E-state index is 0.172. The van der Waals surface area contributed by atoms with Gasteiger partial charge in [-0.05, 0) is 72.3 Å². The molecule has 1 aromatic heterocycles. The maximum atomic E-state index is 11.9. The predicted octanol–water partition coefficient (Wildman–Crippen LogP) is 3.92. The second-order valence-electron chi connectivity index (χ2n) is 5.96. The van der Waals surface area contributed by atoms with Crippen LogP contribution < -0.4 is 15.4 Å². The van der Waals surface area contributed by atoms with Crippen LogP contribution in [0.4, 0.5) is 10.5 Å². The minimum Gasteiger partial charge on any atom is -0.490 e. The number of aliphatic hydroxyl groups excluding tert-OH is 1. The molecular weight excluding hydrogens is 324 g/mol. The van der Waals surface area contributed by atoms with Crippen molar-refractivity contribution in [1.82, 2.24) is 5.32 Å². The summed E-state index contributed by atoms with van der Waals surface area (Å²) in [5.41, 5.74) is 1.50. The zero-order valence-electron chi connectivity index (χ0n) is 13.4. The molecule has 2 aromatic rings. The van der Waals surface area contributed by atoms with Gasteiger partial charge in [0.05, 0.1) is 12.2 Å². The molecule has 1 saturated carbocycles. The van der Waals surface area contributed by atoms with Crippen molar-refractivity contribution in [1.29, 1.82) is 0 Å². The van der Waals surface area contributed by atoms with Crippen LogP contribution in [-0.2, 0) is 0 Å². The smallest absolute Gasteiger partial charge is 0.319 e. The zero-order chi connectivity index (χ0) is 16.8. The number of hydrogen-bond donors (Lipinski definition) is 3. The van der Waals surface area contributed by atoms with Gasteiger partial charge in [0, 0.05) is 12.2 Å². The van der Waals surface area contributed by atoms with Crippen molar-refractivity contribution in [2.45, 2.75) is 37.9 Å². The Morgan fingerprint density at radius 3 is 2.67 bits per heavy atom. The Kier molecular flexibility index (Phi) is 5.72. The molecule has 1 fully saturated rings. The highest BCUT2D eigenvalue weighted by Gasteiger charge is 2.16. The van der Waals surface area contributed by atoms with Gasteiger partial charge in [-0.1, -0.05) is 0 Å². The number of urea groups is 1. The SMILES string of the molecule is O=C(NCC(O)c1ccsc1)Nc1ccc(OC2CCCC2)cc1. The average molecular weight is 346 g/mol. The molecule has 0 radical (unpaired) electrons. The van der Waals surface area contributed by atoms with E-state index in [4.69, 9.17) is 4.74 Å². The highest BCUT2D eigenvalue weighted by Crippen LogP contribution is 2.25. The molecule has 24 heavy (non-hydrogen) atoms. The molecule has 0 bridgehead atoms. The van der Waals surface area contributed by atoms with Crippen LogP contribution in [0.15, 0.2) is 41.1 Å². The number of nitrogens with one attached hydrogen (secondary N) is 2. The van der Waals surface area contributed by atoms with Crippen LogP contribution in [0.3, 0.4) is 0 Å². The number of carbonyl (C=O) groups is 1. The second-order valence-corrected chi connectivity index (χ2v) is 6.74. The summed E-state index contributed by atoms with van der Waals surface area (Å²) < 4.78 is 5.90. The van der Waals surface area contributed by atoms with Gasteiger partial charge in [0.2, 0.25) is 0 Å². The lowest BCUT2D eigenvalue weighted by molar-refractivity contribution is 0.175. The topological polar surface area (TPSA) is 70.6 Å². The fourth-order valence-electron chi connectivity index (χ4n) is 2.76. The van der Waals surface area contributed by atoms with E-state index in [-0.39, 0.29) is 12.6 Å². The summed E-state index contributed by atoms with van der Waals surface area (Å²) in [7, 11) is 0. The number of carbonyl (C=O) groups excluding carboxylic acids is 1. The Hall–Kier alpha value is -2.05. The van der Waals surface area contributed by atoms with Crippen molar-refractivity contribution in [3.05, 3.63) is 46.7 Å². The van der Waals surface area contributed by atoms with E-state index in [2.05, 4.69) is 10.6 Å². The third-order valence-electron chi connectivity index (χ3n) is 4.10. The number of hydrogen-bond acceptors (Lipinski definition) is 4. The number of anilines is 1. The van der Waals surface area contributed by atoms with Gasteiger partial charge in [-0.3, -0.25) is 0 Å². The zero-order valence-corrected chi connectivity index (χ0v) is 14.2. The van der Waals surface area contributed by atoms with Gasteiger partial charge in [-0.2, -0.15) is 11.3 Å². The lowest BCUT2D eigenvalue weighted by Crippen LogP contribution is -2.32. The number of thiophene rings is 1. The van der Waals surface area contributed by atoms with Gasteiger partial charge < -0.3 is 20.5 Å². The molecule has 2 amide bonds. The lowest BCUT2D eigenvalue weighted by Gasteiger charge is -2.14. The Balaban J connectivity index is 1.44. The van der Waals surface area contributed by atoms with Crippen LogP contribution in [0.5, 0.6) is 5.75 Å². The van der Waals surface area contributed by atoms with Crippen molar-refractivity contribution >= 4 is 23.1 Å². The lowest BCUT2D eigenvalue weighted by atomic mass is 10.2. The molecule has 3 rings (SSSR count). The van der Waals surface area contributed by atoms with Crippen LogP contribution in [-0.4, -0.2) is 23.8 Å². The monoisotopic (exact) mass is 346 g/mol. The standard InChI is InChI=1S/C18H22N2O3S/c21-17(13-9-10-24-12-13)11-19-18(22)20-14-5-7-16(8-6-14)23-15-3-1-2-4-15/h5-10,12,15,17,21H,1-4,11H2,(H2,19,20,22). The van der Waals surface area contributed by atoms with Crippen LogP contribution in [0.1, 0.15) is 37.4 Å². The first kappa shape index (κ1) is 16.8. The number of rotatable bonds is 6. The molecule has 3 N–H and O–H groups in total. The molecule has 1 aliphatic carbocycles. The van der Waals surface area contributed by atoms with Crippen LogP contribution in [0.25, 0.3) is 0 Å². The summed E-state index contributed by atoms with van der Waals surface area (Å²) in [5, 5.41) is 19.1. The third-order valence-corrected chi connectivity index (χ3v) is 4.80. The molecule has 6 heteroatoms. The van der Waals surface area contributed by atoms with E-state index in [1.54, 1.807) is 0 Å². The largest absolute Gasteiger partial charge is 0.490 e. The van der Waals surface area contributed by atoms with Gasteiger partial charge in [-0.15, -0.1) is 0 Å². The quantitative estimate of drug-likeness (QED) is 0.742. The number of benzene rings is 1. The molecular formula is C18H22N2O3S. The van der Waals surface area contributed by atoms with Crippen molar-refractivity contribution in [3.8, 4) is 5.75 Å². The van der Waals surface area contributed by atoms with Gasteiger partial charge in [0.1, 0.15) is 5.75 Å². The predicted molar refractivity (Wildman–Crippen MR) is 95.6 cm³/mol. The Labute approximate surface area is 145 Å². The number of aliphatic hydroxyl groups is 1. The molecule has 5 nitrogen and oxygen atoms in total. The summed E-state index contributed by atoms with van der Waals surface area (Å²) in [6.07, 6.45) is 4.35. The van der Waals surface area contributed by atoms with E-state index in [0.717, 1.165) is 24.2 Å². The summed E-state index contributed by atoms with van der Waals surface area (Å²) in [6, 6.07) is 8.88. The van der Waals surface area contributed by atoms with Gasteiger partial charge in [-0.25, -0.2) is 4.79 Å². The fraction of sp³-hybridized carbons (Fsp3) is 0.389. The first-order chi connectivity index (χ1) is 11.7. The van der Waals surface area contributed by atoms with Gasteiger partial charge >= 0.3 is 6.03 Å². The first-order valence-electron chi connectivity index (χ1n) is 8.22.